The molecule has 0 radical (unpaired) electrons. The molecule has 0 bridgehead atoms. The maximum atomic E-state index is 12.3. The first-order valence-electron chi connectivity index (χ1n) is 7.16. The van der Waals surface area contributed by atoms with E-state index in [1.807, 2.05) is 6.92 Å². The number of thiophene rings is 1. The normalized spacial score (nSPS) is 12.0. The molecule has 0 fully saturated rings. The molecule has 118 valence electrons. The van der Waals surface area contributed by atoms with Gasteiger partial charge in [-0.05, 0) is 32.4 Å². The highest BCUT2D eigenvalue weighted by Gasteiger charge is 2.21. The largest absolute Gasteiger partial charge is 0.462 e. The van der Waals surface area contributed by atoms with E-state index in [2.05, 4.69) is 10.4 Å². The minimum Gasteiger partial charge on any atom is -0.462 e. The number of nitrogens with zero attached hydrogens (tertiary/aromatic N) is 2. The summed E-state index contributed by atoms with van der Waals surface area (Å²) in [5, 5.41) is 7.39. The lowest BCUT2D eigenvalue weighted by atomic mass is 10.2. The van der Waals surface area contributed by atoms with Crippen LogP contribution >= 0.6 is 11.3 Å². The SMILES string of the molecule is CCOC(=O)c1cc(CC)sc1NC(=O)C(C)n1cccn1. The number of hydrogen-bond acceptors (Lipinski definition) is 5. The summed E-state index contributed by atoms with van der Waals surface area (Å²) in [4.78, 5) is 25.3. The number of esters is 1. The van der Waals surface area contributed by atoms with Crippen molar-refractivity contribution in [1.29, 1.82) is 0 Å². The fraction of sp³-hybridized carbons (Fsp3) is 0.400. The number of nitrogens with one attached hydrogen (secondary N) is 1. The van der Waals surface area contributed by atoms with Crippen molar-refractivity contribution in [3.8, 4) is 0 Å². The predicted octanol–water partition coefficient (Wildman–Crippen LogP) is 2.88. The van der Waals surface area contributed by atoms with E-state index in [1.165, 1.54) is 11.3 Å². The van der Waals surface area contributed by atoms with Crippen molar-refractivity contribution in [3.05, 3.63) is 35.0 Å². The average Bonchev–Trinajstić information content (AvgIpc) is 3.16. The van der Waals surface area contributed by atoms with Crippen molar-refractivity contribution in [2.45, 2.75) is 33.2 Å². The Kier molecular flexibility index (Phi) is 5.32. The first-order valence-corrected chi connectivity index (χ1v) is 7.98. The van der Waals surface area contributed by atoms with E-state index in [4.69, 9.17) is 4.74 Å². The fourth-order valence-corrected chi connectivity index (χ4v) is 2.90. The lowest BCUT2D eigenvalue weighted by Gasteiger charge is -2.12. The van der Waals surface area contributed by atoms with E-state index in [1.54, 1.807) is 43.1 Å². The van der Waals surface area contributed by atoms with Crippen molar-refractivity contribution in [3.63, 3.8) is 0 Å². The maximum absolute atomic E-state index is 12.3. The smallest absolute Gasteiger partial charge is 0.341 e. The van der Waals surface area contributed by atoms with E-state index in [0.29, 0.717) is 17.2 Å². The summed E-state index contributed by atoms with van der Waals surface area (Å²) in [6.45, 7) is 5.80. The van der Waals surface area contributed by atoms with Crippen LogP contribution in [-0.2, 0) is 16.0 Å². The van der Waals surface area contributed by atoms with Crippen molar-refractivity contribution < 1.29 is 14.3 Å². The average molecular weight is 321 g/mol. The van der Waals surface area contributed by atoms with Crippen LogP contribution in [-0.4, -0.2) is 28.3 Å². The zero-order chi connectivity index (χ0) is 16.1. The van der Waals surface area contributed by atoms with E-state index < -0.39 is 12.0 Å². The minimum atomic E-state index is -0.461. The Hall–Kier alpha value is -2.15. The van der Waals surface area contributed by atoms with Crippen LogP contribution in [0.4, 0.5) is 5.00 Å². The van der Waals surface area contributed by atoms with Crippen LogP contribution < -0.4 is 5.32 Å². The molecule has 1 atom stereocenters. The molecule has 1 N–H and O–H groups in total. The molecule has 22 heavy (non-hydrogen) atoms. The van der Waals surface area contributed by atoms with E-state index >= 15 is 0 Å². The van der Waals surface area contributed by atoms with Crippen LogP contribution in [0.1, 0.15) is 42.0 Å². The van der Waals surface area contributed by atoms with Crippen LogP contribution in [0.25, 0.3) is 0 Å². The number of rotatable bonds is 6. The van der Waals surface area contributed by atoms with Gasteiger partial charge >= 0.3 is 5.97 Å². The van der Waals surface area contributed by atoms with Gasteiger partial charge in [-0.25, -0.2) is 4.79 Å². The molecule has 0 saturated heterocycles. The van der Waals surface area contributed by atoms with Crippen molar-refractivity contribution in [2.24, 2.45) is 0 Å². The number of amides is 1. The first kappa shape index (κ1) is 16.2. The first-order chi connectivity index (χ1) is 10.6. The third kappa shape index (κ3) is 3.54. The molecule has 0 aromatic carbocycles. The second-order valence-corrected chi connectivity index (χ2v) is 5.82. The summed E-state index contributed by atoms with van der Waals surface area (Å²) in [5.41, 5.74) is 0.407. The molecule has 2 aromatic heterocycles. The van der Waals surface area contributed by atoms with Gasteiger partial charge in [0.05, 0.1) is 12.2 Å². The summed E-state index contributed by atoms with van der Waals surface area (Å²) in [5.74, 6) is -0.640. The number of aryl methyl sites for hydroxylation is 1. The number of aromatic nitrogens is 2. The third-order valence-electron chi connectivity index (χ3n) is 3.16. The Morgan fingerprint density at radius 3 is 2.82 bits per heavy atom. The van der Waals surface area contributed by atoms with E-state index in [-0.39, 0.29) is 5.91 Å². The van der Waals surface area contributed by atoms with Gasteiger partial charge in [-0.1, -0.05) is 6.92 Å². The lowest BCUT2D eigenvalue weighted by molar-refractivity contribution is -0.119. The molecular formula is C15H19N3O3S. The predicted molar refractivity (Wildman–Crippen MR) is 85.2 cm³/mol. The molecule has 0 aliphatic rings. The van der Waals surface area contributed by atoms with Gasteiger partial charge in [-0.3, -0.25) is 9.48 Å². The van der Waals surface area contributed by atoms with E-state index in [9.17, 15) is 9.59 Å². The molecule has 0 spiro atoms. The minimum absolute atomic E-state index is 0.223. The molecule has 0 saturated carbocycles. The zero-order valence-electron chi connectivity index (χ0n) is 12.8. The summed E-state index contributed by atoms with van der Waals surface area (Å²) in [6, 6.07) is 3.07. The van der Waals surface area contributed by atoms with Crippen molar-refractivity contribution >= 4 is 28.2 Å². The molecule has 1 unspecified atom stereocenters. The molecule has 1 amide bonds. The Balaban J connectivity index is 2.19. The summed E-state index contributed by atoms with van der Waals surface area (Å²) in [6.07, 6.45) is 4.14. The number of carbonyl (C=O) groups excluding carboxylic acids is 2. The summed E-state index contributed by atoms with van der Waals surface area (Å²) in [7, 11) is 0. The highest BCUT2D eigenvalue weighted by atomic mass is 32.1. The molecule has 2 aromatic rings. The number of anilines is 1. The van der Waals surface area contributed by atoms with Crippen LogP contribution in [0.2, 0.25) is 0 Å². The van der Waals surface area contributed by atoms with Gasteiger partial charge in [0.2, 0.25) is 5.91 Å². The number of ether oxygens (including phenoxy) is 1. The molecule has 7 heteroatoms. The monoisotopic (exact) mass is 321 g/mol. The Labute approximate surface area is 133 Å². The van der Waals surface area contributed by atoms with Gasteiger partial charge in [-0.2, -0.15) is 5.10 Å². The Bertz CT molecular complexity index is 649. The summed E-state index contributed by atoms with van der Waals surface area (Å²) < 4.78 is 6.60. The van der Waals surface area contributed by atoms with E-state index in [0.717, 1.165) is 11.3 Å². The van der Waals surface area contributed by atoms with Crippen LogP contribution in [0, 0.1) is 0 Å². The molecule has 0 aliphatic heterocycles. The molecular weight excluding hydrogens is 302 g/mol. The van der Waals surface area contributed by atoms with Gasteiger partial charge in [0.25, 0.3) is 0 Å². The Morgan fingerprint density at radius 2 is 2.23 bits per heavy atom. The zero-order valence-corrected chi connectivity index (χ0v) is 13.6. The third-order valence-corrected chi connectivity index (χ3v) is 4.36. The second kappa shape index (κ2) is 7.22. The number of hydrogen-bond donors (Lipinski definition) is 1. The lowest BCUT2D eigenvalue weighted by Crippen LogP contribution is -2.24. The highest BCUT2D eigenvalue weighted by Crippen LogP contribution is 2.30. The van der Waals surface area contributed by atoms with Crippen LogP contribution in [0.3, 0.4) is 0 Å². The number of carbonyl (C=O) groups is 2. The van der Waals surface area contributed by atoms with Gasteiger partial charge in [-0.15, -0.1) is 11.3 Å². The van der Waals surface area contributed by atoms with Crippen LogP contribution in [0.15, 0.2) is 24.5 Å². The fourth-order valence-electron chi connectivity index (χ4n) is 1.92. The quantitative estimate of drug-likeness (QED) is 0.830. The van der Waals surface area contributed by atoms with Gasteiger partial charge in [0.1, 0.15) is 11.0 Å². The van der Waals surface area contributed by atoms with Crippen LogP contribution in [0.5, 0.6) is 0 Å². The standard InChI is InChI=1S/C15H19N3O3S/c1-4-11-9-12(15(20)21-5-2)14(22-11)17-13(19)10(3)18-8-6-7-16-18/h6-10H,4-5H2,1-3H3,(H,17,19). The van der Waals surface area contributed by atoms with Gasteiger partial charge in [0.15, 0.2) is 0 Å². The van der Waals surface area contributed by atoms with Gasteiger partial charge < -0.3 is 10.1 Å². The molecule has 6 nitrogen and oxygen atoms in total. The topological polar surface area (TPSA) is 73.2 Å². The molecule has 2 rings (SSSR count). The van der Waals surface area contributed by atoms with Crippen molar-refractivity contribution in [2.75, 3.05) is 11.9 Å². The Morgan fingerprint density at radius 1 is 1.45 bits per heavy atom. The second-order valence-electron chi connectivity index (χ2n) is 4.68. The van der Waals surface area contributed by atoms with Crippen molar-refractivity contribution in [1.82, 2.24) is 9.78 Å². The summed E-state index contributed by atoms with van der Waals surface area (Å²) >= 11 is 1.39. The maximum Gasteiger partial charge on any atom is 0.341 e. The molecule has 0 aliphatic carbocycles. The van der Waals surface area contributed by atoms with Gasteiger partial charge in [0, 0.05) is 17.3 Å². The molecule has 2 heterocycles. The highest BCUT2D eigenvalue weighted by molar-refractivity contribution is 7.16.